The average Bonchev–Trinajstić information content (AvgIpc) is 2.61. The number of amides is 1. The number of piperazine rings is 1. The first-order chi connectivity index (χ1) is 11.6. The van der Waals surface area contributed by atoms with Crippen molar-refractivity contribution < 1.29 is 13.2 Å². The van der Waals surface area contributed by atoms with Crippen molar-refractivity contribution in [1.29, 1.82) is 0 Å². The summed E-state index contributed by atoms with van der Waals surface area (Å²) in [5.41, 5.74) is 1.79. The zero-order valence-corrected chi connectivity index (χ0v) is 14.2. The highest BCUT2D eigenvalue weighted by atomic mass is 32.2. The van der Waals surface area contributed by atoms with Crippen LogP contribution in [-0.4, -0.2) is 44.0 Å². The van der Waals surface area contributed by atoms with E-state index in [2.05, 4.69) is 0 Å². The van der Waals surface area contributed by atoms with Crippen LogP contribution in [0.2, 0.25) is 0 Å². The van der Waals surface area contributed by atoms with Crippen LogP contribution < -0.4 is 4.90 Å². The number of carbonyl (C=O) groups is 1. The highest BCUT2D eigenvalue weighted by Gasteiger charge is 2.31. The van der Waals surface area contributed by atoms with Gasteiger partial charge in [-0.3, -0.25) is 4.79 Å². The maximum Gasteiger partial charge on any atom is 0.242 e. The van der Waals surface area contributed by atoms with E-state index in [0.29, 0.717) is 19.5 Å². The van der Waals surface area contributed by atoms with Gasteiger partial charge in [0.05, 0.1) is 12.3 Å². The molecule has 0 saturated carbocycles. The summed E-state index contributed by atoms with van der Waals surface area (Å²) in [4.78, 5) is 14.0. The number of sulfonamides is 1. The van der Waals surface area contributed by atoms with E-state index in [4.69, 9.17) is 0 Å². The van der Waals surface area contributed by atoms with Crippen LogP contribution in [0.4, 0.5) is 5.69 Å². The van der Waals surface area contributed by atoms with Crippen molar-refractivity contribution in [3.63, 3.8) is 0 Å². The van der Waals surface area contributed by atoms with Gasteiger partial charge in [-0.15, -0.1) is 0 Å². The summed E-state index contributed by atoms with van der Waals surface area (Å²) in [7, 11) is -3.43. The maximum absolute atomic E-state index is 12.5. The first kappa shape index (κ1) is 16.7. The first-order valence-electron chi connectivity index (χ1n) is 7.93. The SMILES string of the molecule is O=C1CN(S(=O)(=O)CCc2ccccc2)CCN1c1ccccc1. The van der Waals surface area contributed by atoms with E-state index in [1.54, 1.807) is 4.90 Å². The Bertz CT molecular complexity index is 792. The van der Waals surface area contributed by atoms with Gasteiger partial charge < -0.3 is 4.90 Å². The molecule has 1 aliphatic heterocycles. The van der Waals surface area contributed by atoms with Crippen molar-refractivity contribution in [2.75, 3.05) is 30.3 Å². The Morgan fingerprint density at radius 2 is 1.50 bits per heavy atom. The molecule has 2 aromatic rings. The summed E-state index contributed by atoms with van der Waals surface area (Å²) in [5.74, 6) is -0.161. The number of rotatable bonds is 5. The summed E-state index contributed by atoms with van der Waals surface area (Å²) in [6.45, 7) is 0.622. The van der Waals surface area contributed by atoms with Crippen LogP contribution in [0.15, 0.2) is 60.7 Å². The second-order valence-electron chi connectivity index (χ2n) is 5.77. The van der Waals surface area contributed by atoms with Gasteiger partial charge in [-0.05, 0) is 24.1 Å². The Labute approximate surface area is 142 Å². The van der Waals surface area contributed by atoms with E-state index in [-0.39, 0.29) is 18.2 Å². The molecule has 1 heterocycles. The minimum Gasteiger partial charge on any atom is -0.310 e. The molecule has 0 aliphatic carbocycles. The minimum atomic E-state index is -3.43. The molecule has 2 aromatic carbocycles. The van der Waals surface area contributed by atoms with E-state index in [1.165, 1.54) is 4.31 Å². The molecule has 0 atom stereocenters. The van der Waals surface area contributed by atoms with Crippen LogP contribution in [0.5, 0.6) is 0 Å². The monoisotopic (exact) mass is 344 g/mol. The molecule has 0 spiro atoms. The standard InChI is InChI=1S/C18H20N2O3S/c21-18-15-19(12-13-20(18)17-9-5-2-6-10-17)24(22,23)14-11-16-7-3-1-4-8-16/h1-10H,11-15H2. The molecule has 0 bridgehead atoms. The topological polar surface area (TPSA) is 57.7 Å². The molecular weight excluding hydrogens is 324 g/mol. The number of para-hydroxylation sites is 1. The quantitative estimate of drug-likeness (QED) is 0.832. The lowest BCUT2D eigenvalue weighted by atomic mass is 10.2. The Kier molecular flexibility index (Phi) is 4.97. The van der Waals surface area contributed by atoms with Gasteiger partial charge in [0.15, 0.2) is 0 Å². The fourth-order valence-corrected chi connectivity index (χ4v) is 4.21. The molecule has 1 aliphatic rings. The second-order valence-corrected chi connectivity index (χ2v) is 7.85. The van der Waals surface area contributed by atoms with Gasteiger partial charge in [0.1, 0.15) is 0 Å². The van der Waals surface area contributed by atoms with E-state index in [1.807, 2.05) is 60.7 Å². The van der Waals surface area contributed by atoms with Gasteiger partial charge in [-0.2, -0.15) is 4.31 Å². The highest BCUT2D eigenvalue weighted by molar-refractivity contribution is 7.89. The number of hydrogen-bond acceptors (Lipinski definition) is 3. The lowest BCUT2D eigenvalue weighted by molar-refractivity contribution is -0.119. The smallest absolute Gasteiger partial charge is 0.242 e. The summed E-state index contributed by atoms with van der Waals surface area (Å²) >= 11 is 0. The molecule has 0 aromatic heterocycles. The molecule has 5 nitrogen and oxygen atoms in total. The Hall–Kier alpha value is -2.18. The number of nitrogens with zero attached hydrogens (tertiary/aromatic N) is 2. The molecular formula is C18H20N2O3S. The number of anilines is 1. The number of benzene rings is 2. The fraction of sp³-hybridized carbons (Fsp3) is 0.278. The van der Waals surface area contributed by atoms with Crippen LogP contribution in [0.25, 0.3) is 0 Å². The van der Waals surface area contributed by atoms with E-state index in [9.17, 15) is 13.2 Å². The average molecular weight is 344 g/mol. The lowest BCUT2D eigenvalue weighted by Gasteiger charge is -2.33. The van der Waals surface area contributed by atoms with Crippen LogP contribution in [0, 0.1) is 0 Å². The van der Waals surface area contributed by atoms with Gasteiger partial charge >= 0.3 is 0 Å². The number of carbonyl (C=O) groups excluding carboxylic acids is 1. The molecule has 1 fully saturated rings. The number of hydrogen-bond donors (Lipinski definition) is 0. The first-order valence-corrected chi connectivity index (χ1v) is 9.54. The fourth-order valence-electron chi connectivity index (χ4n) is 2.79. The van der Waals surface area contributed by atoms with E-state index < -0.39 is 10.0 Å². The third-order valence-corrected chi connectivity index (χ3v) is 5.96. The Morgan fingerprint density at radius 3 is 2.12 bits per heavy atom. The molecule has 126 valence electrons. The van der Waals surface area contributed by atoms with Crippen molar-refractivity contribution in [2.45, 2.75) is 6.42 Å². The second kappa shape index (κ2) is 7.15. The molecule has 0 unspecified atom stereocenters. The third kappa shape index (κ3) is 3.83. The molecule has 0 radical (unpaired) electrons. The van der Waals surface area contributed by atoms with Crippen molar-refractivity contribution >= 4 is 21.6 Å². The van der Waals surface area contributed by atoms with Crippen molar-refractivity contribution in [3.05, 3.63) is 66.2 Å². The molecule has 3 rings (SSSR count). The van der Waals surface area contributed by atoms with Crippen LogP contribution >= 0.6 is 0 Å². The maximum atomic E-state index is 12.5. The highest BCUT2D eigenvalue weighted by Crippen LogP contribution is 2.18. The normalized spacial score (nSPS) is 16.3. The van der Waals surface area contributed by atoms with E-state index >= 15 is 0 Å². The van der Waals surface area contributed by atoms with Crippen LogP contribution in [0.3, 0.4) is 0 Å². The minimum absolute atomic E-state index is 0.0234. The van der Waals surface area contributed by atoms with Gasteiger partial charge in [-0.1, -0.05) is 48.5 Å². The van der Waals surface area contributed by atoms with Gasteiger partial charge in [0, 0.05) is 18.8 Å². The van der Waals surface area contributed by atoms with Crippen molar-refractivity contribution in [3.8, 4) is 0 Å². The van der Waals surface area contributed by atoms with Gasteiger partial charge in [-0.25, -0.2) is 8.42 Å². The molecule has 24 heavy (non-hydrogen) atoms. The molecule has 1 amide bonds. The van der Waals surface area contributed by atoms with Crippen molar-refractivity contribution in [1.82, 2.24) is 4.31 Å². The van der Waals surface area contributed by atoms with E-state index in [0.717, 1.165) is 11.3 Å². The third-order valence-electron chi connectivity index (χ3n) is 4.14. The van der Waals surface area contributed by atoms with Crippen LogP contribution in [0.1, 0.15) is 5.56 Å². The Balaban J connectivity index is 1.63. The van der Waals surface area contributed by atoms with Gasteiger partial charge in [0.2, 0.25) is 15.9 Å². The molecule has 6 heteroatoms. The summed E-state index contributed by atoms with van der Waals surface area (Å²) < 4.78 is 26.3. The largest absolute Gasteiger partial charge is 0.310 e. The summed E-state index contributed by atoms with van der Waals surface area (Å²) in [6.07, 6.45) is 0.455. The summed E-state index contributed by atoms with van der Waals surface area (Å²) in [5, 5.41) is 0. The van der Waals surface area contributed by atoms with Crippen molar-refractivity contribution in [2.24, 2.45) is 0 Å². The predicted octanol–water partition coefficient (Wildman–Crippen LogP) is 1.91. The van der Waals surface area contributed by atoms with Gasteiger partial charge in [0.25, 0.3) is 0 Å². The molecule has 1 saturated heterocycles. The Morgan fingerprint density at radius 1 is 0.875 bits per heavy atom. The zero-order chi connectivity index (χ0) is 17.0. The van der Waals surface area contributed by atoms with Crippen LogP contribution in [-0.2, 0) is 21.2 Å². The predicted molar refractivity (Wildman–Crippen MR) is 94.3 cm³/mol. The molecule has 0 N–H and O–H groups in total. The lowest BCUT2D eigenvalue weighted by Crippen LogP contribution is -2.52. The number of aryl methyl sites for hydroxylation is 1. The summed E-state index contributed by atoms with van der Waals surface area (Å²) in [6, 6.07) is 18.8. The zero-order valence-electron chi connectivity index (χ0n) is 13.3.